The Bertz CT molecular complexity index is 1170. The van der Waals surface area contributed by atoms with Crippen LogP contribution in [0.3, 0.4) is 0 Å². The van der Waals surface area contributed by atoms with Crippen LogP contribution in [0.2, 0.25) is 0 Å². The lowest BCUT2D eigenvalue weighted by Gasteiger charge is -2.20. The Morgan fingerprint density at radius 3 is 2.70 bits per heavy atom. The third kappa shape index (κ3) is 4.25. The van der Waals surface area contributed by atoms with Crippen molar-refractivity contribution in [3.8, 4) is 0 Å². The summed E-state index contributed by atoms with van der Waals surface area (Å²) in [5.41, 5.74) is 1.71. The molecule has 1 N–H and O–H groups in total. The minimum absolute atomic E-state index is 0.00918. The second-order valence-corrected chi connectivity index (χ2v) is 8.44. The summed E-state index contributed by atoms with van der Waals surface area (Å²) >= 11 is 0. The van der Waals surface area contributed by atoms with Crippen molar-refractivity contribution >= 4 is 39.9 Å². The number of carboxylic acid groups (broad SMARTS) is 1. The van der Waals surface area contributed by atoms with E-state index < -0.39 is 22.0 Å². The van der Waals surface area contributed by atoms with Gasteiger partial charge in [0.1, 0.15) is 5.82 Å². The maximum absolute atomic E-state index is 13.3. The van der Waals surface area contributed by atoms with Crippen molar-refractivity contribution < 1.29 is 27.9 Å². The molecule has 9 heteroatoms. The number of ether oxygens (including phenoxy) is 1. The first-order valence-corrected chi connectivity index (χ1v) is 10.5. The van der Waals surface area contributed by atoms with Gasteiger partial charge in [-0.1, -0.05) is 18.2 Å². The average molecular weight is 428 g/mol. The second kappa shape index (κ2) is 8.50. The molecule has 0 bridgehead atoms. The van der Waals surface area contributed by atoms with Gasteiger partial charge in [-0.15, -0.1) is 0 Å². The number of hydrogen-bond acceptors (Lipinski definition) is 6. The van der Waals surface area contributed by atoms with Gasteiger partial charge in [-0.2, -0.15) is 0 Å². The number of benzene rings is 1. The lowest BCUT2D eigenvalue weighted by atomic mass is 10.1. The number of carbonyl (C=O) groups excluding carboxylic acids is 1. The van der Waals surface area contributed by atoms with Crippen LogP contribution in [0, 0.1) is 0 Å². The van der Waals surface area contributed by atoms with Crippen LogP contribution in [0.1, 0.15) is 23.6 Å². The van der Waals surface area contributed by atoms with Crippen LogP contribution in [-0.4, -0.2) is 44.1 Å². The Hall–Kier alpha value is -3.46. The van der Waals surface area contributed by atoms with Gasteiger partial charge in [0.2, 0.25) is 0 Å². The quantitative estimate of drug-likeness (QED) is 0.555. The van der Waals surface area contributed by atoms with Gasteiger partial charge in [-0.25, -0.2) is 27.3 Å². The summed E-state index contributed by atoms with van der Waals surface area (Å²) in [7, 11) is -2.68. The number of fused-ring (bicyclic) bond motifs is 1. The van der Waals surface area contributed by atoms with Gasteiger partial charge in [0.05, 0.1) is 12.0 Å². The van der Waals surface area contributed by atoms with Crippen LogP contribution in [0.15, 0.2) is 53.1 Å². The van der Waals surface area contributed by atoms with Crippen molar-refractivity contribution in [2.75, 3.05) is 18.0 Å². The smallest absolute Gasteiger partial charge is 0.331 e. The molecule has 0 radical (unpaired) electrons. The number of aliphatic carboxylic acids is 1. The molecule has 8 nitrogen and oxygen atoms in total. The van der Waals surface area contributed by atoms with E-state index in [1.54, 1.807) is 30.3 Å². The van der Waals surface area contributed by atoms with Gasteiger partial charge in [0.25, 0.3) is 10.0 Å². The summed E-state index contributed by atoms with van der Waals surface area (Å²) in [4.78, 5) is 26.7. The number of carboxylic acids is 1. The Balaban J connectivity index is 1.98. The van der Waals surface area contributed by atoms with Crippen LogP contribution in [0.25, 0.3) is 12.2 Å². The molecule has 1 aromatic heterocycles. The molecular formula is C21H20N2O6S. The maximum atomic E-state index is 13.3. The first-order chi connectivity index (χ1) is 14.2. The molecule has 2 aromatic rings. The molecule has 2 heterocycles. The standard InChI is InChI=1S/C21H20N2O6S/c1-14(21(25)26)11-16-5-3-4-6-18(16)30(27,28)23-10-9-17-12-15(13-22-20(17)23)7-8-19(24)29-2/h3-8,11-13H,9-10H2,1-2H3,(H,25,26). The van der Waals surface area contributed by atoms with Crippen molar-refractivity contribution in [1.82, 2.24) is 4.98 Å². The Morgan fingerprint density at radius 1 is 1.27 bits per heavy atom. The van der Waals surface area contributed by atoms with Crippen LogP contribution < -0.4 is 4.31 Å². The summed E-state index contributed by atoms with van der Waals surface area (Å²) in [6, 6.07) is 8.02. The zero-order chi connectivity index (χ0) is 21.9. The zero-order valence-electron chi connectivity index (χ0n) is 16.4. The van der Waals surface area contributed by atoms with Crippen LogP contribution in [0.5, 0.6) is 0 Å². The van der Waals surface area contributed by atoms with E-state index >= 15 is 0 Å². The van der Waals surface area contributed by atoms with E-state index in [2.05, 4.69) is 9.72 Å². The fraction of sp³-hybridized carbons (Fsp3) is 0.190. The molecule has 1 aliphatic rings. The van der Waals surface area contributed by atoms with Gasteiger partial charge < -0.3 is 9.84 Å². The highest BCUT2D eigenvalue weighted by Gasteiger charge is 2.33. The number of sulfonamides is 1. The molecule has 0 spiro atoms. The number of anilines is 1. The van der Waals surface area contributed by atoms with Crippen LogP contribution in [0.4, 0.5) is 5.82 Å². The van der Waals surface area contributed by atoms with Crippen molar-refractivity contribution in [2.45, 2.75) is 18.2 Å². The fourth-order valence-electron chi connectivity index (χ4n) is 3.06. The predicted molar refractivity (Wildman–Crippen MR) is 111 cm³/mol. The number of carbonyl (C=O) groups is 2. The number of rotatable bonds is 6. The minimum Gasteiger partial charge on any atom is -0.478 e. The van der Waals surface area contributed by atoms with E-state index in [0.717, 1.165) is 5.56 Å². The summed E-state index contributed by atoms with van der Waals surface area (Å²) in [6.45, 7) is 1.62. The first kappa shape index (κ1) is 21.3. The van der Waals surface area contributed by atoms with E-state index in [9.17, 15) is 18.0 Å². The lowest BCUT2D eigenvalue weighted by Crippen LogP contribution is -2.30. The van der Waals surface area contributed by atoms with Gasteiger partial charge in [0, 0.05) is 24.4 Å². The Labute approximate surface area is 174 Å². The van der Waals surface area contributed by atoms with Crippen molar-refractivity contribution in [3.63, 3.8) is 0 Å². The van der Waals surface area contributed by atoms with E-state index in [-0.39, 0.29) is 17.0 Å². The van der Waals surface area contributed by atoms with Crippen LogP contribution in [-0.2, 0) is 30.8 Å². The molecule has 0 unspecified atom stereocenters. The highest BCUT2D eigenvalue weighted by Crippen LogP contribution is 2.33. The van der Waals surface area contributed by atoms with Gasteiger partial charge >= 0.3 is 11.9 Å². The third-order valence-electron chi connectivity index (χ3n) is 4.59. The lowest BCUT2D eigenvalue weighted by molar-refractivity contribution is -0.135. The first-order valence-electron chi connectivity index (χ1n) is 9.02. The molecular weight excluding hydrogens is 408 g/mol. The van der Waals surface area contributed by atoms with Gasteiger partial charge in [-0.3, -0.25) is 0 Å². The molecule has 0 fully saturated rings. The van der Waals surface area contributed by atoms with Crippen molar-refractivity contribution in [2.24, 2.45) is 0 Å². The molecule has 1 aromatic carbocycles. The van der Waals surface area contributed by atoms with E-state index in [0.29, 0.717) is 23.4 Å². The molecule has 0 atom stereocenters. The Kier molecular flexibility index (Phi) is 6.02. The van der Waals surface area contributed by atoms with Gasteiger partial charge in [0.15, 0.2) is 0 Å². The predicted octanol–water partition coefficient (Wildman–Crippen LogP) is 2.51. The topological polar surface area (TPSA) is 114 Å². The number of pyridine rings is 1. The van der Waals surface area contributed by atoms with E-state index in [1.807, 2.05) is 0 Å². The summed E-state index contributed by atoms with van der Waals surface area (Å²) < 4.78 is 32.5. The Morgan fingerprint density at radius 2 is 2.00 bits per heavy atom. The number of nitrogens with zero attached hydrogens (tertiary/aromatic N) is 2. The average Bonchev–Trinajstić information content (AvgIpc) is 3.16. The molecule has 156 valence electrons. The van der Waals surface area contributed by atoms with E-state index in [1.165, 1.54) is 42.8 Å². The maximum Gasteiger partial charge on any atom is 0.331 e. The third-order valence-corrected chi connectivity index (χ3v) is 6.46. The normalized spacial score (nSPS) is 14.1. The molecule has 1 aliphatic heterocycles. The number of hydrogen-bond donors (Lipinski definition) is 1. The zero-order valence-corrected chi connectivity index (χ0v) is 17.2. The van der Waals surface area contributed by atoms with Crippen molar-refractivity contribution in [3.05, 3.63) is 64.9 Å². The van der Waals surface area contributed by atoms with Crippen molar-refractivity contribution in [1.29, 1.82) is 0 Å². The summed E-state index contributed by atoms with van der Waals surface area (Å²) in [5, 5.41) is 9.13. The minimum atomic E-state index is -3.96. The van der Waals surface area contributed by atoms with E-state index in [4.69, 9.17) is 5.11 Å². The summed E-state index contributed by atoms with van der Waals surface area (Å²) in [5.74, 6) is -1.30. The molecule has 0 amide bonds. The highest BCUT2D eigenvalue weighted by molar-refractivity contribution is 7.93. The molecule has 0 aliphatic carbocycles. The number of esters is 1. The molecule has 30 heavy (non-hydrogen) atoms. The largest absolute Gasteiger partial charge is 0.478 e. The molecule has 0 saturated carbocycles. The molecule has 3 rings (SSSR count). The second-order valence-electron chi connectivity index (χ2n) is 6.61. The number of aromatic nitrogens is 1. The fourth-order valence-corrected chi connectivity index (χ4v) is 4.70. The SMILES string of the molecule is COC(=O)C=Cc1cnc2c(c1)CCN2S(=O)(=O)c1ccccc1C=C(C)C(=O)O. The monoisotopic (exact) mass is 428 g/mol. The van der Waals surface area contributed by atoms with Gasteiger partial charge in [-0.05, 0) is 54.3 Å². The van der Waals surface area contributed by atoms with Crippen LogP contribution >= 0.6 is 0 Å². The number of methoxy groups -OCH3 is 1. The summed E-state index contributed by atoms with van der Waals surface area (Å²) in [6.07, 6.45) is 6.09. The highest BCUT2D eigenvalue weighted by atomic mass is 32.2. The molecule has 0 saturated heterocycles.